The summed E-state index contributed by atoms with van der Waals surface area (Å²) < 4.78 is 27.8. The Balaban J connectivity index is 0.872. The number of fused-ring (bicyclic) bond motifs is 6. The summed E-state index contributed by atoms with van der Waals surface area (Å²) in [5.41, 5.74) is 15.5. The quantitative estimate of drug-likeness (QED) is 0.0396. The summed E-state index contributed by atoms with van der Waals surface area (Å²) in [4.78, 5) is 76.9. The zero-order chi connectivity index (χ0) is 77.6. The highest BCUT2D eigenvalue weighted by molar-refractivity contribution is 6.15. The molecule has 17 rings (SSSR count). The number of nitriles is 2. The monoisotopic (exact) mass is 1480 g/mol. The SMILES string of the molecule is [C-]#[N+]c1cccc(-c2ccc(-c3nc(-c4cccc(-c5ccccc5C#N)c4)nc(-c4ccc(-c5cccc(C#N)c5)c(-n5c6ccc(C(=O)OCc7ccccc7)cc6c6cc(C(=O)OCc7ccccc7)ccc65)c4)n3)cc2-n2c3ccc(C(=O)OCc4ccccc4)cc3c3cc(C(=O)OCc4ccccc4)ccc32)c1. The van der Waals surface area contributed by atoms with Crippen LogP contribution in [0.5, 0.6) is 0 Å². The van der Waals surface area contributed by atoms with Gasteiger partial charge in [-0.25, -0.2) is 39.0 Å². The number of hydrogen-bond donors (Lipinski definition) is 0. The lowest BCUT2D eigenvalue weighted by Gasteiger charge is -2.18. The number of nitrogens with zero attached hydrogens (tertiary/aromatic N) is 8. The minimum absolute atomic E-state index is 0.0397. The van der Waals surface area contributed by atoms with Gasteiger partial charge in [0.15, 0.2) is 23.2 Å². The number of rotatable bonds is 20. The Bertz CT molecular complexity index is 6240. The Kier molecular flexibility index (Phi) is 19.5. The van der Waals surface area contributed by atoms with Crippen molar-refractivity contribution in [1.29, 1.82) is 10.5 Å². The van der Waals surface area contributed by atoms with E-state index in [1.54, 1.807) is 66.7 Å². The second-order valence-corrected chi connectivity index (χ2v) is 27.2. The number of esters is 4. The molecule has 14 aromatic carbocycles. The molecule has 0 saturated carbocycles. The summed E-state index contributed by atoms with van der Waals surface area (Å²) >= 11 is 0. The van der Waals surface area contributed by atoms with Crippen LogP contribution in [0.1, 0.15) is 74.8 Å². The largest absolute Gasteiger partial charge is 0.457 e. The van der Waals surface area contributed by atoms with E-state index >= 15 is 0 Å². The van der Waals surface area contributed by atoms with Crippen LogP contribution in [0.3, 0.4) is 0 Å². The van der Waals surface area contributed by atoms with Crippen molar-refractivity contribution in [3.05, 3.63) is 395 Å². The highest BCUT2D eigenvalue weighted by Gasteiger charge is 2.26. The predicted molar refractivity (Wildman–Crippen MR) is 439 cm³/mol. The molecule has 3 heterocycles. The van der Waals surface area contributed by atoms with Crippen molar-refractivity contribution in [1.82, 2.24) is 24.1 Å². The van der Waals surface area contributed by atoms with E-state index in [9.17, 15) is 29.7 Å². The summed E-state index contributed by atoms with van der Waals surface area (Å²) in [7, 11) is 0. The molecule has 0 spiro atoms. The van der Waals surface area contributed by atoms with Gasteiger partial charge < -0.3 is 28.1 Å². The minimum atomic E-state index is -0.552. The molecule has 0 N–H and O–H groups in total. The fourth-order valence-electron chi connectivity index (χ4n) is 14.4. The average molecular weight is 1480 g/mol. The summed E-state index contributed by atoms with van der Waals surface area (Å²) in [5, 5.41) is 23.3. The van der Waals surface area contributed by atoms with Crippen molar-refractivity contribution >= 4 is 73.2 Å². The molecule has 114 heavy (non-hydrogen) atoms. The van der Waals surface area contributed by atoms with Crippen LogP contribution in [0.25, 0.3) is 127 Å². The van der Waals surface area contributed by atoms with E-state index in [4.69, 9.17) is 40.5 Å². The molecule has 0 radical (unpaired) electrons. The number of carbonyl (C=O) groups is 4. The van der Waals surface area contributed by atoms with Crippen LogP contribution in [-0.2, 0) is 45.4 Å². The van der Waals surface area contributed by atoms with Gasteiger partial charge in [-0.1, -0.05) is 212 Å². The van der Waals surface area contributed by atoms with Crippen molar-refractivity contribution in [2.24, 2.45) is 0 Å². The Hall–Kier alpha value is -16.0. The van der Waals surface area contributed by atoms with E-state index in [1.165, 1.54) is 0 Å². The molecular weight excluding hydrogens is 1420 g/mol. The Labute approximate surface area is 654 Å². The Morgan fingerprint density at radius 2 is 0.658 bits per heavy atom. The van der Waals surface area contributed by atoms with E-state index in [2.05, 4.69) is 26.1 Å². The maximum absolute atomic E-state index is 14.2. The molecule has 0 saturated heterocycles. The molecule has 17 aromatic rings. The van der Waals surface area contributed by atoms with E-state index in [1.807, 2.05) is 261 Å². The second-order valence-electron chi connectivity index (χ2n) is 27.2. The fraction of sp³-hybridized carbons (Fsp3) is 0.0408. The van der Waals surface area contributed by atoms with Gasteiger partial charge in [0.05, 0.1) is 85.5 Å². The van der Waals surface area contributed by atoms with Gasteiger partial charge in [-0.2, -0.15) is 10.5 Å². The van der Waals surface area contributed by atoms with Crippen LogP contribution in [0.15, 0.2) is 328 Å². The summed E-state index contributed by atoms with van der Waals surface area (Å²) in [5.74, 6) is -1.44. The number of hydrogen-bond acceptors (Lipinski definition) is 13. The number of carbonyl (C=O) groups excluding carboxylic acids is 4. The van der Waals surface area contributed by atoms with Gasteiger partial charge in [0.25, 0.3) is 0 Å². The van der Waals surface area contributed by atoms with E-state index in [0.29, 0.717) is 116 Å². The van der Waals surface area contributed by atoms with Gasteiger partial charge in [-0.3, -0.25) is 0 Å². The highest BCUT2D eigenvalue weighted by atomic mass is 16.5. The maximum Gasteiger partial charge on any atom is 0.338 e. The summed E-state index contributed by atoms with van der Waals surface area (Å²) in [6.45, 7) is 8.33. The van der Waals surface area contributed by atoms with Crippen molar-refractivity contribution in [3.8, 4) is 91.1 Å². The first-order valence-corrected chi connectivity index (χ1v) is 36.6. The third-order valence-electron chi connectivity index (χ3n) is 20.0. The lowest BCUT2D eigenvalue weighted by atomic mass is 9.98. The van der Waals surface area contributed by atoms with Crippen LogP contribution in [-0.4, -0.2) is 48.0 Å². The standard InChI is InChI=1S/C98H62N8O8/c1-101-78-33-18-31-69(49-78)81-42-36-72(55-91(81)106-88-45-39-75(97(109)113-60-64-23-10-4-11-24-64)52-84(88)85-53-76(40-46-89(85)106)98(110)114-61-65-25-12-5-13-26-65)94-103-92(70-32-17-30-68(48-70)79-34-15-14-28-77(79)57-100)102-93(104-94)71-35-41-80(67-29-16-27-66(47-67)56-99)90(54-71)105-86-43-37-73(95(107)111-58-62-19-6-2-7-20-62)50-82(86)83-51-74(38-44-87(83)105)96(108)112-59-63-21-8-3-9-22-63/h2-55H,58-61H2. The zero-order valence-electron chi connectivity index (χ0n) is 60.8. The molecule has 0 unspecified atom stereocenters. The average Bonchev–Trinajstić information content (AvgIpc) is 1.60. The molecule has 0 fully saturated rings. The molecule has 0 aliphatic carbocycles. The van der Waals surface area contributed by atoms with Gasteiger partial charge in [-0.15, -0.1) is 0 Å². The summed E-state index contributed by atoms with van der Waals surface area (Å²) in [6.07, 6.45) is 0. The Morgan fingerprint density at radius 1 is 0.316 bits per heavy atom. The smallest absolute Gasteiger partial charge is 0.338 e. The highest BCUT2D eigenvalue weighted by Crippen LogP contribution is 2.43. The minimum Gasteiger partial charge on any atom is -0.457 e. The molecule has 0 aliphatic rings. The van der Waals surface area contributed by atoms with Gasteiger partial charge in [0.2, 0.25) is 0 Å². The number of benzene rings is 14. The topological polar surface area (TPSA) is 206 Å². The number of ether oxygens (including phenoxy) is 4. The molecule has 16 nitrogen and oxygen atoms in total. The number of aromatic nitrogens is 5. The van der Waals surface area contributed by atoms with Crippen molar-refractivity contribution < 1.29 is 38.1 Å². The molecule has 0 atom stereocenters. The van der Waals surface area contributed by atoms with Crippen molar-refractivity contribution in [2.75, 3.05) is 0 Å². The molecule has 0 amide bonds. The van der Waals surface area contributed by atoms with Crippen LogP contribution in [0.4, 0.5) is 5.69 Å². The first-order valence-electron chi connectivity index (χ1n) is 36.6. The fourth-order valence-corrected chi connectivity index (χ4v) is 14.4. The van der Waals surface area contributed by atoms with E-state index < -0.39 is 23.9 Å². The van der Waals surface area contributed by atoms with Gasteiger partial charge in [0.1, 0.15) is 26.4 Å². The second kappa shape index (κ2) is 31.3. The first-order chi connectivity index (χ1) is 56.0. The van der Waals surface area contributed by atoms with Crippen LogP contribution >= 0.6 is 0 Å². The summed E-state index contributed by atoms with van der Waals surface area (Å²) in [6, 6.07) is 105. The normalized spacial score (nSPS) is 11.1. The molecule has 16 heteroatoms. The molecule has 542 valence electrons. The molecular formula is C98H62N8O8. The lowest BCUT2D eigenvalue weighted by molar-refractivity contribution is 0.0464. The first kappa shape index (κ1) is 71.0. The van der Waals surface area contributed by atoms with Gasteiger partial charge >= 0.3 is 23.9 Å². The van der Waals surface area contributed by atoms with Gasteiger partial charge in [0, 0.05) is 49.4 Å². The Morgan fingerprint density at radius 3 is 1.04 bits per heavy atom. The van der Waals surface area contributed by atoms with Crippen LogP contribution in [0.2, 0.25) is 0 Å². The third kappa shape index (κ3) is 14.4. The zero-order valence-corrected chi connectivity index (χ0v) is 60.8. The van der Waals surface area contributed by atoms with Crippen molar-refractivity contribution in [3.63, 3.8) is 0 Å². The van der Waals surface area contributed by atoms with Crippen molar-refractivity contribution in [2.45, 2.75) is 26.4 Å². The molecule has 3 aromatic heterocycles. The van der Waals surface area contributed by atoms with Gasteiger partial charge in [-0.05, 0) is 160 Å². The predicted octanol–water partition coefficient (Wildman–Crippen LogP) is 21.8. The molecule has 0 bridgehead atoms. The van der Waals surface area contributed by atoms with E-state index in [-0.39, 0.29) is 66.2 Å². The third-order valence-corrected chi connectivity index (χ3v) is 20.0. The lowest BCUT2D eigenvalue weighted by Crippen LogP contribution is -2.05. The maximum atomic E-state index is 14.2. The van der Waals surface area contributed by atoms with Crippen LogP contribution < -0.4 is 0 Å². The van der Waals surface area contributed by atoms with Crippen LogP contribution in [0, 0.1) is 29.2 Å². The van der Waals surface area contributed by atoms with E-state index in [0.717, 1.165) is 27.8 Å². The molecule has 0 aliphatic heterocycles.